The van der Waals surface area contributed by atoms with E-state index in [4.69, 9.17) is 10.8 Å². The number of carbonyl (C=O) groups is 1. The summed E-state index contributed by atoms with van der Waals surface area (Å²) in [7, 11) is 0. The van der Waals surface area contributed by atoms with Crippen molar-refractivity contribution in [3.63, 3.8) is 0 Å². The number of nitrogens with two attached hydrogens (primary N) is 1. The van der Waals surface area contributed by atoms with Gasteiger partial charge in [-0.15, -0.1) is 0 Å². The van der Waals surface area contributed by atoms with Crippen LogP contribution in [0, 0.1) is 17.1 Å². The monoisotopic (exact) mass is 534 g/mol. The topological polar surface area (TPSA) is 160 Å². The van der Waals surface area contributed by atoms with Crippen molar-refractivity contribution in [2.45, 2.75) is 25.4 Å². The maximum atomic E-state index is 15.1. The summed E-state index contributed by atoms with van der Waals surface area (Å²) in [4.78, 5) is 29.6. The second-order valence-electron chi connectivity index (χ2n) is 9.31. The lowest BCUT2D eigenvalue weighted by Gasteiger charge is -2.13. The lowest BCUT2D eigenvalue weighted by molar-refractivity contribution is -0.120. The number of halogens is 1. The van der Waals surface area contributed by atoms with Gasteiger partial charge in [0.2, 0.25) is 5.91 Å². The minimum Gasteiger partial charge on any atom is -0.381 e. The second-order valence-corrected chi connectivity index (χ2v) is 9.31. The van der Waals surface area contributed by atoms with Crippen molar-refractivity contribution in [1.29, 1.82) is 5.26 Å². The Morgan fingerprint density at radius 1 is 1.20 bits per heavy atom. The van der Waals surface area contributed by atoms with Gasteiger partial charge in [0, 0.05) is 31.3 Å². The fourth-order valence-corrected chi connectivity index (χ4v) is 4.82. The average molecular weight is 535 g/mol. The second kappa shape index (κ2) is 10.5. The molecule has 5 aromatic rings. The number of hydrogen-bond acceptors (Lipinski definition) is 9. The standard InChI is InChI=1S/C28H23FN10O/c29-20-6-2-5-18(14-34-22-8-10-33-28(22)40)19(20)12-23-36-27-26(31)37-24(17-4-1-3-16(11-17)13-30)25(39(27)38-23)21-7-9-32-15-35-21/h1-7,9,11,15,22,34H,8,10,12,14H2,(H2,31,37)(H,33,40). The smallest absolute Gasteiger partial charge is 0.237 e. The molecule has 1 fully saturated rings. The Labute approximate surface area is 227 Å². The van der Waals surface area contributed by atoms with Crippen LogP contribution in [0.25, 0.3) is 28.3 Å². The van der Waals surface area contributed by atoms with E-state index in [9.17, 15) is 10.1 Å². The van der Waals surface area contributed by atoms with Crippen molar-refractivity contribution in [3.05, 3.63) is 89.4 Å². The van der Waals surface area contributed by atoms with Crippen molar-refractivity contribution >= 4 is 17.4 Å². The molecule has 4 N–H and O–H groups in total. The summed E-state index contributed by atoms with van der Waals surface area (Å²) in [6.07, 6.45) is 3.77. The average Bonchev–Trinajstić information content (AvgIpc) is 3.59. The van der Waals surface area contributed by atoms with E-state index in [1.54, 1.807) is 41.0 Å². The third-order valence-corrected chi connectivity index (χ3v) is 6.78. The Balaban J connectivity index is 1.44. The predicted molar refractivity (Wildman–Crippen MR) is 144 cm³/mol. The highest BCUT2D eigenvalue weighted by Gasteiger charge is 2.25. The van der Waals surface area contributed by atoms with Crippen molar-refractivity contribution in [3.8, 4) is 28.7 Å². The third kappa shape index (κ3) is 4.70. The van der Waals surface area contributed by atoms with Gasteiger partial charge in [0.1, 0.15) is 23.5 Å². The van der Waals surface area contributed by atoms with Crippen LogP contribution in [0.3, 0.4) is 0 Å². The highest BCUT2D eigenvalue weighted by Crippen LogP contribution is 2.32. The number of carbonyl (C=O) groups excluding carboxylic acids is 1. The van der Waals surface area contributed by atoms with Gasteiger partial charge in [0.15, 0.2) is 17.3 Å². The molecule has 1 atom stereocenters. The predicted octanol–water partition coefficient (Wildman–Crippen LogP) is 2.41. The zero-order valence-corrected chi connectivity index (χ0v) is 21.2. The minimum atomic E-state index is -0.398. The van der Waals surface area contributed by atoms with Crippen LogP contribution >= 0.6 is 0 Å². The molecule has 0 spiro atoms. The maximum absolute atomic E-state index is 15.1. The van der Waals surface area contributed by atoms with Crippen LogP contribution in [0.2, 0.25) is 0 Å². The lowest BCUT2D eigenvalue weighted by Crippen LogP contribution is -2.35. The molecule has 198 valence electrons. The molecule has 1 aliphatic heterocycles. The molecule has 11 nitrogen and oxygen atoms in total. The number of nitrogens with zero attached hydrogens (tertiary/aromatic N) is 7. The quantitative estimate of drug-likeness (QED) is 0.285. The summed E-state index contributed by atoms with van der Waals surface area (Å²) in [5.74, 6) is -0.00487. The summed E-state index contributed by atoms with van der Waals surface area (Å²) in [6, 6.07) is 15.4. The van der Waals surface area contributed by atoms with Crippen LogP contribution in [0.4, 0.5) is 10.2 Å². The molecule has 1 unspecified atom stereocenters. The summed E-state index contributed by atoms with van der Waals surface area (Å²) < 4.78 is 16.7. The molecule has 4 heterocycles. The van der Waals surface area contributed by atoms with Crippen LogP contribution in [0.1, 0.15) is 28.9 Å². The van der Waals surface area contributed by atoms with E-state index < -0.39 is 5.82 Å². The Morgan fingerprint density at radius 2 is 2.08 bits per heavy atom. The van der Waals surface area contributed by atoms with Crippen molar-refractivity contribution < 1.29 is 9.18 Å². The zero-order chi connectivity index (χ0) is 27.6. The number of fused-ring (bicyclic) bond motifs is 1. The van der Waals surface area contributed by atoms with E-state index >= 15 is 4.39 Å². The van der Waals surface area contributed by atoms with E-state index in [-0.39, 0.29) is 24.2 Å². The minimum absolute atomic E-state index is 0.0590. The summed E-state index contributed by atoms with van der Waals surface area (Å²) in [5, 5.41) is 20.1. The molecule has 1 amide bonds. The van der Waals surface area contributed by atoms with E-state index in [0.717, 1.165) is 0 Å². The van der Waals surface area contributed by atoms with Crippen molar-refractivity contribution in [2.24, 2.45) is 0 Å². The number of nitrogens with one attached hydrogen (secondary N) is 2. The van der Waals surface area contributed by atoms with Crippen molar-refractivity contribution in [2.75, 3.05) is 12.3 Å². The van der Waals surface area contributed by atoms with E-state index in [1.807, 2.05) is 12.1 Å². The fourth-order valence-electron chi connectivity index (χ4n) is 4.82. The number of aromatic nitrogens is 6. The first-order chi connectivity index (χ1) is 19.5. The number of anilines is 1. The Hall–Kier alpha value is -5.28. The molecule has 6 rings (SSSR count). The summed E-state index contributed by atoms with van der Waals surface area (Å²) in [6.45, 7) is 0.929. The van der Waals surface area contributed by atoms with Gasteiger partial charge in [-0.2, -0.15) is 10.4 Å². The zero-order valence-electron chi connectivity index (χ0n) is 21.2. The molecule has 12 heteroatoms. The van der Waals surface area contributed by atoms with Crippen LogP contribution in [-0.4, -0.2) is 48.0 Å². The first-order valence-corrected chi connectivity index (χ1v) is 12.6. The van der Waals surface area contributed by atoms with Gasteiger partial charge < -0.3 is 16.4 Å². The molecule has 3 aromatic heterocycles. The lowest BCUT2D eigenvalue weighted by atomic mass is 10.0. The SMILES string of the molecule is N#Cc1cccc(-c2nc(N)c3nc(Cc4c(F)cccc4CNC4CCNC4=O)nn3c2-c2ccncn2)c1. The van der Waals surface area contributed by atoms with Gasteiger partial charge in [0.25, 0.3) is 0 Å². The van der Waals surface area contributed by atoms with Gasteiger partial charge in [-0.1, -0.05) is 24.3 Å². The van der Waals surface area contributed by atoms with Crippen LogP contribution in [-0.2, 0) is 17.8 Å². The first kappa shape index (κ1) is 25.0. The molecule has 2 aromatic carbocycles. The van der Waals surface area contributed by atoms with E-state index in [2.05, 4.69) is 36.6 Å². The summed E-state index contributed by atoms with van der Waals surface area (Å²) in [5.41, 5.74) is 10.4. The largest absolute Gasteiger partial charge is 0.381 e. The Morgan fingerprint density at radius 3 is 2.85 bits per heavy atom. The van der Waals surface area contributed by atoms with Gasteiger partial charge in [0.05, 0.1) is 23.4 Å². The molecule has 0 bridgehead atoms. The van der Waals surface area contributed by atoms with E-state index in [0.29, 0.717) is 70.3 Å². The normalized spacial score (nSPS) is 14.8. The van der Waals surface area contributed by atoms with Gasteiger partial charge >= 0.3 is 0 Å². The number of hydrogen-bond donors (Lipinski definition) is 3. The molecule has 0 radical (unpaired) electrons. The molecule has 1 aliphatic rings. The van der Waals surface area contributed by atoms with Crippen LogP contribution < -0.4 is 16.4 Å². The van der Waals surface area contributed by atoms with E-state index in [1.165, 1.54) is 12.4 Å². The molecule has 0 aliphatic carbocycles. The third-order valence-electron chi connectivity index (χ3n) is 6.78. The fraction of sp³-hybridized carbons (Fsp3) is 0.179. The Bertz CT molecular complexity index is 1780. The van der Waals surface area contributed by atoms with Gasteiger partial charge in [-0.25, -0.2) is 28.8 Å². The molecule has 0 saturated carbocycles. The number of nitriles is 1. The van der Waals surface area contributed by atoms with Crippen LogP contribution in [0.5, 0.6) is 0 Å². The van der Waals surface area contributed by atoms with Gasteiger partial charge in [-0.05, 0) is 41.8 Å². The highest BCUT2D eigenvalue weighted by molar-refractivity contribution is 5.84. The maximum Gasteiger partial charge on any atom is 0.237 e. The summed E-state index contributed by atoms with van der Waals surface area (Å²) >= 11 is 0. The molecule has 1 saturated heterocycles. The number of amides is 1. The number of benzene rings is 2. The first-order valence-electron chi connectivity index (χ1n) is 12.6. The Kier molecular flexibility index (Phi) is 6.55. The van der Waals surface area contributed by atoms with Crippen molar-refractivity contribution in [1.82, 2.24) is 40.2 Å². The molecular formula is C28H23FN10O. The number of rotatable bonds is 7. The highest BCUT2D eigenvalue weighted by atomic mass is 19.1. The van der Waals surface area contributed by atoms with Gasteiger partial charge in [-0.3, -0.25) is 4.79 Å². The van der Waals surface area contributed by atoms with Crippen LogP contribution in [0.15, 0.2) is 61.1 Å². The molecule has 40 heavy (non-hydrogen) atoms. The molecular weight excluding hydrogens is 511 g/mol. The number of nitrogen functional groups attached to an aromatic ring is 1.